The van der Waals surface area contributed by atoms with E-state index in [2.05, 4.69) is 59.4 Å². The first kappa shape index (κ1) is 46.1. The zero-order chi connectivity index (χ0) is 40.3. The number of hydrogen-bond acceptors (Lipinski definition) is 12. The maximum atomic E-state index is 12.5. The number of hydrogen-bond donors (Lipinski definition) is 4. The van der Waals surface area contributed by atoms with Gasteiger partial charge in [-0.3, -0.25) is 15.0 Å². The average Bonchev–Trinajstić information content (AvgIpc) is 3.88. The first-order valence-electron chi connectivity index (χ1n) is 18.9. The summed E-state index contributed by atoms with van der Waals surface area (Å²) in [4.78, 5) is 32.5. The Hall–Kier alpha value is -5.56. The molecule has 0 aliphatic carbocycles. The van der Waals surface area contributed by atoms with Crippen LogP contribution in [-0.4, -0.2) is 123 Å². The first-order valence-corrected chi connectivity index (χ1v) is 18.9. The molecule has 0 unspecified atom stereocenters. The van der Waals surface area contributed by atoms with E-state index < -0.39 is 5.97 Å². The number of carboxylic acid groups (broad SMARTS) is 1. The van der Waals surface area contributed by atoms with Crippen molar-refractivity contribution in [2.45, 2.75) is 20.5 Å². The minimum absolute atomic E-state index is 0. The number of benzene rings is 4. The van der Waals surface area contributed by atoms with Gasteiger partial charge in [-0.25, -0.2) is 0 Å². The van der Waals surface area contributed by atoms with Crippen molar-refractivity contribution in [2.24, 2.45) is 5.73 Å². The number of piperazine rings is 2. The molecule has 15 nitrogen and oxygen atoms in total. The molecule has 1 amide bonds. The van der Waals surface area contributed by atoms with Crippen molar-refractivity contribution < 1.29 is 43.0 Å². The summed E-state index contributed by atoms with van der Waals surface area (Å²) in [5.41, 5.74) is 9.95. The van der Waals surface area contributed by atoms with Gasteiger partial charge in [0.15, 0.2) is 11.6 Å². The summed E-state index contributed by atoms with van der Waals surface area (Å²) in [5.74, 6) is 2.26. The second-order valence-corrected chi connectivity index (χ2v) is 14.1. The van der Waals surface area contributed by atoms with E-state index in [1.807, 2.05) is 66.7 Å². The quantitative estimate of drug-likeness (QED) is 0.151. The summed E-state index contributed by atoms with van der Waals surface area (Å²) < 4.78 is 10.1. The molecule has 0 radical (unpaired) electrons. The number of carbonyl (C=O) groups is 2. The Morgan fingerprint density at radius 2 is 1.10 bits per heavy atom. The van der Waals surface area contributed by atoms with E-state index in [1.54, 1.807) is 32.4 Å². The summed E-state index contributed by atoms with van der Waals surface area (Å²) in [5, 5.41) is 30.6. The predicted molar refractivity (Wildman–Crippen MR) is 228 cm³/mol. The fourth-order valence-corrected chi connectivity index (χ4v) is 6.59. The monoisotopic (exact) mass is 798 g/mol. The Morgan fingerprint density at radius 1 is 0.678 bits per heavy atom. The van der Waals surface area contributed by atoms with Crippen LogP contribution in [0.5, 0.6) is 11.5 Å². The number of rotatable bonds is 9. The number of nitrogens with zero attached hydrogens (tertiary/aromatic N) is 6. The molecule has 4 aromatic carbocycles. The Balaban J connectivity index is 0.000000214. The molecule has 2 aliphatic rings. The number of ether oxygens (including phenoxy) is 2. The second kappa shape index (κ2) is 22.0. The number of fused-ring (bicyclic) bond motifs is 2. The van der Waals surface area contributed by atoms with Crippen LogP contribution in [0.3, 0.4) is 0 Å². The topological polar surface area (TPSA) is 184 Å². The van der Waals surface area contributed by atoms with E-state index in [9.17, 15) is 14.7 Å². The molecule has 2 saturated heterocycles. The Kier molecular flexibility index (Phi) is 17.2. The number of carbonyl (C=O) groups excluding carboxylic acids is 2. The molecule has 2 fully saturated rings. The third-order valence-electron chi connectivity index (χ3n) is 10.2. The number of nitrogens with one attached hydrogen (secondary N) is 3. The SMILES string of the molecule is C.CN1CCN(c2n[nH]c3cc(C(=O)[O-])ccc23)CC1.COc1ccc(CN)cc1.COc1ccc(CNC(=O)c2ccc3c(N4CCN(C)CC4)n[nH]c3c2)cc1.[Li+]. The zero-order valence-corrected chi connectivity index (χ0v) is 34.0. The third kappa shape index (κ3) is 12.0. The Morgan fingerprint density at radius 3 is 1.53 bits per heavy atom. The van der Waals surface area contributed by atoms with Crippen molar-refractivity contribution >= 4 is 45.3 Å². The fraction of sp³-hybridized carbons (Fsp3) is 0.349. The Labute approximate surface area is 358 Å². The van der Waals surface area contributed by atoms with Crippen LogP contribution < -0.4 is 54.3 Å². The average molecular weight is 799 g/mol. The number of methoxy groups -OCH3 is 2. The van der Waals surface area contributed by atoms with E-state index in [0.717, 1.165) is 108 Å². The Bertz CT molecular complexity index is 2210. The first-order chi connectivity index (χ1) is 27.6. The van der Waals surface area contributed by atoms with Gasteiger partial charge >= 0.3 is 18.9 Å². The third-order valence-corrected chi connectivity index (χ3v) is 10.2. The molecular weight excluding hydrogens is 743 g/mol. The van der Waals surface area contributed by atoms with Crippen molar-refractivity contribution in [1.82, 2.24) is 35.5 Å². The van der Waals surface area contributed by atoms with Crippen LogP contribution in [0.4, 0.5) is 11.6 Å². The maximum Gasteiger partial charge on any atom is 1.00 e. The molecule has 8 rings (SSSR count). The summed E-state index contributed by atoms with van der Waals surface area (Å²) >= 11 is 0. The van der Waals surface area contributed by atoms with Crippen LogP contribution in [0.15, 0.2) is 84.9 Å². The van der Waals surface area contributed by atoms with Crippen molar-refractivity contribution in [2.75, 3.05) is 90.5 Å². The molecule has 2 aromatic heterocycles. The van der Waals surface area contributed by atoms with Gasteiger partial charge in [-0.05, 0) is 85.4 Å². The second-order valence-electron chi connectivity index (χ2n) is 14.1. The van der Waals surface area contributed by atoms with Crippen molar-refractivity contribution in [3.63, 3.8) is 0 Å². The normalized spacial score (nSPS) is 14.2. The molecule has 59 heavy (non-hydrogen) atoms. The summed E-state index contributed by atoms with van der Waals surface area (Å²) in [7, 11) is 7.53. The van der Waals surface area contributed by atoms with Crippen LogP contribution in [0, 0.1) is 0 Å². The largest absolute Gasteiger partial charge is 1.00 e. The van der Waals surface area contributed by atoms with Crippen LogP contribution in [0.25, 0.3) is 21.8 Å². The van der Waals surface area contributed by atoms with Crippen LogP contribution in [-0.2, 0) is 13.1 Å². The van der Waals surface area contributed by atoms with E-state index in [0.29, 0.717) is 18.7 Å². The van der Waals surface area contributed by atoms with Crippen molar-refractivity contribution in [3.8, 4) is 11.5 Å². The van der Waals surface area contributed by atoms with Crippen molar-refractivity contribution in [1.29, 1.82) is 0 Å². The van der Waals surface area contributed by atoms with Gasteiger partial charge in [0.1, 0.15) is 11.5 Å². The molecule has 0 atom stereocenters. The summed E-state index contributed by atoms with van der Waals surface area (Å²) in [6.07, 6.45) is 0. The van der Waals surface area contributed by atoms with Gasteiger partial charge in [0.2, 0.25) is 0 Å². The van der Waals surface area contributed by atoms with Gasteiger partial charge in [0.05, 0.1) is 31.2 Å². The molecule has 5 N–H and O–H groups in total. The van der Waals surface area contributed by atoms with Gasteiger partial charge in [-0.1, -0.05) is 37.8 Å². The molecule has 4 heterocycles. The molecule has 16 heteroatoms. The zero-order valence-electron chi connectivity index (χ0n) is 34.0. The summed E-state index contributed by atoms with van der Waals surface area (Å²) in [6, 6.07) is 26.0. The smallest absolute Gasteiger partial charge is 0.545 e. The number of H-pyrrole nitrogens is 2. The van der Waals surface area contributed by atoms with E-state index in [4.69, 9.17) is 15.2 Å². The van der Waals surface area contributed by atoms with Crippen LogP contribution in [0.1, 0.15) is 39.3 Å². The van der Waals surface area contributed by atoms with Gasteiger partial charge in [0.25, 0.3) is 5.91 Å². The van der Waals surface area contributed by atoms with E-state index in [1.165, 1.54) is 0 Å². The van der Waals surface area contributed by atoms with Gasteiger partial charge in [-0.2, -0.15) is 10.2 Å². The van der Waals surface area contributed by atoms with Crippen molar-refractivity contribution in [3.05, 3.63) is 107 Å². The minimum Gasteiger partial charge on any atom is -0.545 e. The van der Waals surface area contributed by atoms with Gasteiger partial charge in [0, 0.05) is 81.8 Å². The molecule has 0 saturated carbocycles. The molecular formula is C43H55LiN10O5. The number of aromatic amines is 2. The van der Waals surface area contributed by atoms with E-state index in [-0.39, 0.29) is 37.8 Å². The number of aromatic carboxylic acids is 1. The summed E-state index contributed by atoms with van der Waals surface area (Å²) in [6.45, 7) is 8.90. The minimum atomic E-state index is -1.17. The standard InChI is InChI=1S/C21H25N5O2.C13H16N4O2.C8H11NO.CH4.Li/c1-25-9-11-26(12-10-25)20-18-8-5-16(13-19(18)23-24-20)21(27)22-14-15-3-6-17(28-2)7-4-15;1-16-4-6-17(7-5-16)12-10-3-2-9(13(18)19)8-11(10)14-15-12;1-10-8-4-2-7(6-9)3-5-8;;/h3-8,13H,9-12,14H2,1-2H3,(H,22,27)(H,23,24);2-3,8H,4-7H2,1H3,(H,14,15)(H,18,19);2-5H,6,9H2,1H3;1H4;/q;;;;+1/p-1. The number of nitrogens with two attached hydrogens (primary N) is 1. The predicted octanol–water partition coefficient (Wildman–Crippen LogP) is 0.726. The maximum absolute atomic E-state index is 12.5. The number of aromatic nitrogens is 4. The van der Waals surface area contributed by atoms with E-state index >= 15 is 0 Å². The molecule has 2 aliphatic heterocycles. The fourth-order valence-electron chi connectivity index (χ4n) is 6.59. The molecule has 0 spiro atoms. The number of anilines is 2. The number of carboxylic acids is 1. The van der Waals surface area contributed by atoms with Gasteiger partial charge in [-0.15, -0.1) is 0 Å². The molecule has 0 bridgehead atoms. The number of likely N-dealkylation sites (N-methyl/N-ethyl adjacent to an activating group) is 2. The molecule has 308 valence electrons. The van der Waals surface area contributed by atoms with Crippen LogP contribution >= 0.6 is 0 Å². The van der Waals surface area contributed by atoms with Gasteiger partial charge < -0.3 is 50.0 Å². The number of amides is 1. The van der Waals surface area contributed by atoms with Crippen LogP contribution in [0.2, 0.25) is 0 Å². The molecule has 6 aromatic rings.